The van der Waals surface area contributed by atoms with E-state index in [0.29, 0.717) is 64.8 Å². The Kier molecular flexibility index (Phi) is 18.9. The van der Waals surface area contributed by atoms with E-state index < -0.39 is 0 Å². The largest absolute Gasteiger partial charge is 0.493 e. The van der Waals surface area contributed by atoms with Gasteiger partial charge in [0.1, 0.15) is 13.2 Å². The molecule has 2 fully saturated rings. The van der Waals surface area contributed by atoms with Crippen molar-refractivity contribution in [3.05, 3.63) is 179 Å². The first-order valence-corrected chi connectivity index (χ1v) is 22.7. The SMILES string of the molecule is Cl.[C-]#[N+]c1ccc(COc2ccc(C(=O)Nc3ccc(N4CCC(OC)CC4)cc3)cc2OC)cc1.[C-]#[N+]c1ccc(COc2ccc(C(=O)Nc3ccc(N4CCN(C)CC4)cc3)cc2OC)cc1. The van der Waals surface area contributed by atoms with Gasteiger partial charge in [-0.05, 0) is 116 Å². The van der Waals surface area contributed by atoms with E-state index in [1.165, 1.54) is 0 Å². The quantitative estimate of drug-likeness (QED) is 0.0962. The van der Waals surface area contributed by atoms with Crippen molar-refractivity contribution in [2.24, 2.45) is 0 Å². The Morgan fingerprint density at radius 1 is 0.543 bits per heavy atom. The second-order valence-electron chi connectivity index (χ2n) is 16.6. The summed E-state index contributed by atoms with van der Waals surface area (Å²) >= 11 is 0. The van der Waals surface area contributed by atoms with Gasteiger partial charge in [0, 0.05) is 80.3 Å². The van der Waals surface area contributed by atoms with Gasteiger partial charge in [0.15, 0.2) is 34.4 Å². The minimum atomic E-state index is -0.224. The van der Waals surface area contributed by atoms with Gasteiger partial charge in [-0.2, -0.15) is 0 Å². The van der Waals surface area contributed by atoms with Crippen molar-refractivity contribution in [3.63, 3.8) is 0 Å². The molecular formula is C55H58ClN7O7. The van der Waals surface area contributed by atoms with Gasteiger partial charge >= 0.3 is 0 Å². The fourth-order valence-electron chi connectivity index (χ4n) is 7.84. The number of hydrogen-bond acceptors (Lipinski definition) is 10. The van der Waals surface area contributed by atoms with Crippen LogP contribution in [0.25, 0.3) is 9.69 Å². The lowest BCUT2D eigenvalue weighted by Crippen LogP contribution is -2.44. The van der Waals surface area contributed by atoms with Gasteiger partial charge in [-0.1, -0.05) is 48.5 Å². The molecule has 15 heteroatoms. The van der Waals surface area contributed by atoms with Crippen molar-refractivity contribution in [1.29, 1.82) is 0 Å². The first kappa shape index (κ1) is 51.6. The van der Waals surface area contributed by atoms with Crippen LogP contribution < -0.4 is 39.4 Å². The molecule has 6 aromatic carbocycles. The van der Waals surface area contributed by atoms with Crippen LogP contribution in [-0.4, -0.2) is 90.5 Å². The fourth-order valence-corrected chi connectivity index (χ4v) is 7.84. The molecule has 0 aromatic heterocycles. The topological polar surface area (TPSA) is 123 Å². The molecule has 0 saturated carbocycles. The molecule has 6 aromatic rings. The Morgan fingerprint density at radius 3 is 1.31 bits per heavy atom. The predicted molar refractivity (Wildman–Crippen MR) is 278 cm³/mol. The zero-order valence-electron chi connectivity index (χ0n) is 39.9. The number of carbonyl (C=O) groups excluding carboxylic acids is 2. The van der Waals surface area contributed by atoms with Crippen LogP contribution in [0.5, 0.6) is 23.0 Å². The maximum absolute atomic E-state index is 12.8. The summed E-state index contributed by atoms with van der Waals surface area (Å²) in [6.07, 6.45) is 2.38. The number of piperazine rings is 1. The van der Waals surface area contributed by atoms with E-state index in [4.69, 9.17) is 36.8 Å². The van der Waals surface area contributed by atoms with E-state index in [2.05, 4.69) is 42.1 Å². The Bertz CT molecular complexity index is 2730. The lowest BCUT2D eigenvalue weighted by molar-refractivity contribution is 0.0819. The molecule has 8 rings (SSSR count). The maximum Gasteiger partial charge on any atom is 0.255 e. The number of methoxy groups -OCH3 is 3. The number of piperidine rings is 1. The lowest BCUT2D eigenvalue weighted by Gasteiger charge is -2.34. The van der Waals surface area contributed by atoms with Crippen LogP contribution in [0.4, 0.5) is 34.1 Å². The van der Waals surface area contributed by atoms with E-state index in [-0.39, 0.29) is 24.2 Å². The van der Waals surface area contributed by atoms with Crippen LogP contribution in [0.15, 0.2) is 133 Å². The molecule has 0 radical (unpaired) electrons. The number of hydrogen-bond donors (Lipinski definition) is 2. The third kappa shape index (κ3) is 14.2. The van der Waals surface area contributed by atoms with Crippen molar-refractivity contribution in [3.8, 4) is 23.0 Å². The monoisotopic (exact) mass is 963 g/mol. The normalized spacial score (nSPS) is 13.5. The smallest absolute Gasteiger partial charge is 0.255 e. The van der Waals surface area contributed by atoms with Crippen LogP contribution in [0.3, 0.4) is 0 Å². The van der Waals surface area contributed by atoms with Gasteiger partial charge in [-0.25, -0.2) is 9.69 Å². The van der Waals surface area contributed by atoms with Crippen molar-refractivity contribution in [2.45, 2.75) is 32.2 Å². The van der Waals surface area contributed by atoms with Crippen LogP contribution >= 0.6 is 12.4 Å². The molecule has 362 valence electrons. The number of likely N-dealkylation sites (N-methyl/N-ethyl adjacent to an activating group) is 1. The molecule has 0 aliphatic carbocycles. The number of amides is 2. The molecule has 2 aliphatic heterocycles. The average molecular weight is 965 g/mol. The van der Waals surface area contributed by atoms with Crippen molar-refractivity contribution >= 4 is 58.3 Å². The van der Waals surface area contributed by atoms with Gasteiger partial charge in [0.2, 0.25) is 0 Å². The van der Waals surface area contributed by atoms with Crippen LogP contribution in [-0.2, 0) is 18.0 Å². The fraction of sp³-hybridized carbons (Fsp3) is 0.273. The Balaban J connectivity index is 0.000000226. The molecule has 2 N–H and O–H groups in total. The standard InChI is InChI=1S/C28H29N3O4.C27H28N4O3.ClH/c1-29-22-7-4-20(5-8-22)19-35-26-13-6-21(18-27(26)34-3)28(32)30-23-9-11-24(12-10-23)31-16-14-25(33-2)15-17-31;1-28-22-7-4-20(5-8-22)19-34-25-13-6-21(18-26(25)33-3)27(32)29-23-9-11-24(12-10-23)31-16-14-30(2)15-17-31;/h4-13,18,25H,14-17,19H2,2-3H3,(H,30,32);4-13,18H,14-17,19H2,2-3H3,(H,29,32);1H. The van der Waals surface area contributed by atoms with E-state index in [0.717, 1.165) is 86.0 Å². The number of nitrogens with zero attached hydrogens (tertiary/aromatic N) is 5. The summed E-state index contributed by atoms with van der Waals surface area (Å²) in [5.74, 6) is 1.61. The third-order valence-electron chi connectivity index (χ3n) is 12.0. The highest BCUT2D eigenvalue weighted by Crippen LogP contribution is 2.32. The molecule has 70 heavy (non-hydrogen) atoms. The van der Waals surface area contributed by atoms with Gasteiger partial charge in [0.05, 0.1) is 33.5 Å². The van der Waals surface area contributed by atoms with Crippen molar-refractivity contribution in [1.82, 2.24) is 4.90 Å². The Morgan fingerprint density at radius 2 is 0.943 bits per heavy atom. The highest BCUT2D eigenvalue weighted by molar-refractivity contribution is 6.05. The summed E-state index contributed by atoms with van der Waals surface area (Å²) in [5, 5.41) is 5.89. The molecule has 0 spiro atoms. The van der Waals surface area contributed by atoms with Crippen LogP contribution in [0.1, 0.15) is 44.7 Å². The van der Waals surface area contributed by atoms with Gasteiger partial charge < -0.3 is 49.0 Å². The molecule has 2 aliphatic rings. The minimum Gasteiger partial charge on any atom is -0.493 e. The van der Waals surface area contributed by atoms with Crippen LogP contribution in [0, 0.1) is 13.1 Å². The van der Waals surface area contributed by atoms with Crippen LogP contribution in [0.2, 0.25) is 0 Å². The molecule has 2 heterocycles. The minimum absolute atomic E-state index is 0. The second kappa shape index (κ2) is 25.6. The highest BCUT2D eigenvalue weighted by Gasteiger charge is 2.20. The Labute approximate surface area is 416 Å². The molecule has 14 nitrogen and oxygen atoms in total. The summed E-state index contributed by atoms with van der Waals surface area (Å²) in [7, 11) is 7.00. The number of benzene rings is 6. The second-order valence-corrected chi connectivity index (χ2v) is 16.6. The van der Waals surface area contributed by atoms with E-state index in [1.54, 1.807) is 82.0 Å². The molecule has 0 atom stereocenters. The van der Waals surface area contributed by atoms with E-state index in [1.807, 2.05) is 72.8 Å². The predicted octanol–water partition coefficient (Wildman–Crippen LogP) is 10.9. The molecule has 2 saturated heterocycles. The average Bonchev–Trinajstić information content (AvgIpc) is 3.40. The van der Waals surface area contributed by atoms with E-state index in [9.17, 15) is 9.59 Å². The summed E-state index contributed by atoms with van der Waals surface area (Å²) in [6, 6.07) is 40.5. The lowest BCUT2D eigenvalue weighted by atomic mass is 10.1. The number of nitrogens with one attached hydrogen (secondary N) is 2. The van der Waals surface area contributed by atoms with Crippen molar-refractivity contribution in [2.75, 3.05) is 88.1 Å². The molecule has 0 bridgehead atoms. The molecule has 0 unspecified atom stereocenters. The van der Waals surface area contributed by atoms with Crippen molar-refractivity contribution < 1.29 is 33.3 Å². The zero-order valence-corrected chi connectivity index (χ0v) is 40.7. The van der Waals surface area contributed by atoms with Gasteiger partial charge in [-0.3, -0.25) is 9.59 Å². The summed E-state index contributed by atoms with van der Waals surface area (Å²) in [5.41, 5.74) is 7.79. The third-order valence-corrected chi connectivity index (χ3v) is 12.0. The first-order valence-electron chi connectivity index (χ1n) is 22.7. The molecular weight excluding hydrogens is 906 g/mol. The highest BCUT2D eigenvalue weighted by atomic mass is 35.5. The Hall–Kier alpha value is -7.75. The number of carbonyl (C=O) groups is 2. The van der Waals surface area contributed by atoms with Gasteiger partial charge in [-0.15, -0.1) is 12.4 Å². The number of halogens is 1. The number of anilines is 4. The first-order chi connectivity index (χ1) is 33.6. The maximum atomic E-state index is 12.8. The summed E-state index contributed by atoms with van der Waals surface area (Å²) < 4.78 is 28.1. The number of ether oxygens (including phenoxy) is 5. The van der Waals surface area contributed by atoms with E-state index >= 15 is 0 Å². The van der Waals surface area contributed by atoms with Gasteiger partial charge in [0.25, 0.3) is 11.8 Å². The molecule has 2 amide bonds. The summed E-state index contributed by atoms with van der Waals surface area (Å²) in [4.78, 5) is 39.4. The number of rotatable bonds is 15. The summed E-state index contributed by atoms with van der Waals surface area (Å²) in [6.45, 7) is 20.8. The zero-order chi connectivity index (χ0) is 48.5.